The summed E-state index contributed by atoms with van der Waals surface area (Å²) in [4.78, 5) is 11.3. The Kier molecular flexibility index (Phi) is 6.62. The van der Waals surface area contributed by atoms with E-state index in [-0.39, 0.29) is 24.0 Å². The third-order valence-corrected chi connectivity index (χ3v) is 4.45. The molecule has 1 aromatic carbocycles. The third-order valence-electron chi connectivity index (χ3n) is 4.45. The van der Waals surface area contributed by atoms with E-state index in [1.807, 2.05) is 19.3 Å². The number of aromatic nitrogens is 1. The quantitative estimate of drug-likeness (QED) is 0.455. The molecular formula is C18H25IN4. The number of rotatable bonds is 2. The first-order valence-electron chi connectivity index (χ1n) is 8.06. The predicted molar refractivity (Wildman–Crippen MR) is 107 cm³/mol. The Hall–Kier alpha value is -1.37. The maximum Gasteiger partial charge on any atom is 0.193 e. The fraction of sp³-hybridized carbons (Fsp3) is 0.444. The van der Waals surface area contributed by atoms with Gasteiger partial charge in [-0.25, -0.2) is 0 Å². The highest BCUT2D eigenvalue weighted by atomic mass is 127. The van der Waals surface area contributed by atoms with Crippen molar-refractivity contribution in [3.05, 3.63) is 42.1 Å². The summed E-state index contributed by atoms with van der Waals surface area (Å²) in [5.74, 6) is 1.83. The molecule has 2 heterocycles. The molecule has 0 bridgehead atoms. The Morgan fingerprint density at radius 1 is 1.26 bits per heavy atom. The van der Waals surface area contributed by atoms with Crippen LogP contribution in [0.25, 0.3) is 10.9 Å². The van der Waals surface area contributed by atoms with Gasteiger partial charge in [-0.15, -0.1) is 24.0 Å². The zero-order chi connectivity index (χ0) is 15.4. The second-order valence-electron chi connectivity index (χ2n) is 6.06. The van der Waals surface area contributed by atoms with Crippen LogP contribution < -0.4 is 5.32 Å². The van der Waals surface area contributed by atoms with E-state index in [4.69, 9.17) is 0 Å². The van der Waals surface area contributed by atoms with E-state index in [9.17, 15) is 0 Å². The van der Waals surface area contributed by atoms with Gasteiger partial charge in [-0.2, -0.15) is 0 Å². The molecule has 23 heavy (non-hydrogen) atoms. The summed E-state index contributed by atoms with van der Waals surface area (Å²) in [6.45, 7) is 5.27. The Balaban J connectivity index is 0.00000192. The minimum atomic E-state index is 0. The van der Waals surface area contributed by atoms with Gasteiger partial charge in [-0.3, -0.25) is 9.98 Å². The summed E-state index contributed by atoms with van der Waals surface area (Å²) in [5, 5.41) is 4.68. The summed E-state index contributed by atoms with van der Waals surface area (Å²) < 4.78 is 0. The van der Waals surface area contributed by atoms with E-state index in [0.717, 1.165) is 37.0 Å². The van der Waals surface area contributed by atoms with Crippen molar-refractivity contribution >= 4 is 40.8 Å². The standard InChI is InChI=1S/C18H24N4.HI/c1-14-8-11-22(12-9-14)18(19-2)21-13-16-6-3-5-15-7-4-10-20-17(15)16;/h3-7,10,14H,8-9,11-13H2,1-2H3,(H,19,21);1H. The number of nitrogens with zero attached hydrogens (tertiary/aromatic N) is 3. The number of piperidine rings is 1. The Labute approximate surface area is 155 Å². The summed E-state index contributed by atoms with van der Waals surface area (Å²) in [7, 11) is 1.86. The van der Waals surface area contributed by atoms with Crippen LogP contribution in [0.5, 0.6) is 0 Å². The van der Waals surface area contributed by atoms with Gasteiger partial charge in [0.05, 0.1) is 5.52 Å². The van der Waals surface area contributed by atoms with E-state index in [2.05, 4.69) is 51.4 Å². The summed E-state index contributed by atoms with van der Waals surface area (Å²) in [6, 6.07) is 10.4. The van der Waals surface area contributed by atoms with Crippen molar-refractivity contribution in [1.29, 1.82) is 0 Å². The average Bonchev–Trinajstić information content (AvgIpc) is 2.57. The second kappa shape index (κ2) is 8.47. The molecule has 2 aromatic rings. The monoisotopic (exact) mass is 424 g/mol. The van der Waals surface area contributed by atoms with Crippen molar-refractivity contribution < 1.29 is 0 Å². The van der Waals surface area contributed by atoms with Gasteiger partial charge in [-0.1, -0.05) is 31.2 Å². The van der Waals surface area contributed by atoms with Gasteiger partial charge >= 0.3 is 0 Å². The molecule has 1 aromatic heterocycles. The first kappa shape index (κ1) is 18.0. The number of para-hydroxylation sites is 1. The normalized spacial score (nSPS) is 16.3. The molecule has 4 nitrogen and oxygen atoms in total. The summed E-state index contributed by atoms with van der Waals surface area (Å²) in [6.07, 6.45) is 4.35. The van der Waals surface area contributed by atoms with Gasteiger partial charge < -0.3 is 10.2 Å². The molecule has 0 amide bonds. The number of hydrogen-bond acceptors (Lipinski definition) is 2. The van der Waals surface area contributed by atoms with Crippen LogP contribution in [0.2, 0.25) is 0 Å². The van der Waals surface area contributed by atoms with Crippen molar-refractivity contribution in [2.24, 2.45) is 10.9 Å². The fourth-order valence-corrected chi connectivity index (χ4v) is 3.04. The topological polar surface area (TPSA) is 40.5 Å². The number of guanidine groups is 1. The van der Waals surface area contributed by atoms with E-state index >= 15 is 0 Å². The number of pyridine rings is 1. The Morgan fingerprint density at radius 3 is 2.74 bits per heavy atom. The largest absolute Gasteiger partial charge is 0.352 e. The van der Waals surface area contributed by atoms with Gasteiger partial charge in [-0.05, 0) is 30.4 Å². The Bertz CT molecular complexity index is 658. The third kappa shape index (κ3) is 4.34. The molecule has 3 rings (SSSR count). The van der Waals surface area contributed by atoms with Crippen LogP contribution in [0.4, 0.5) is 0 Å². The first-order valence-corrected chi connectivity index (χ1v) is 8.06. The molecule has 0 saturated carbocycles. The van der Waals surface area contributed by atoms with Crippen LogP contribution in [0.15, 0.2) is 41.5 Å². The second-order valence-corrected chi connectivity index (χ2v) is 6.06. The number of nitrogens with one attached hydrogen (secondary N) is 1. The molecule has 1 saturated heterocycles. The van der Waals surface area contributed by atoms with Gasteiger partial charge in [0.1, 0.15) is 0 Å². The van der Waals surface area contributed by atoms with Crippen molar-refractivity contribution in [1.82, 2.24) is 15.2 Å². The number of aliphatic imine (C=N–C) groups is 1. The summed E-state index contributed by atoms with van der Waals surface area (Å²) in [5.41, 5.74) is 2.28. The van der Waals surface area contributed by atoms with Crippen molar-refractivity contribution in [3.8, 4) is 0 Å². The van der Waals surface area contributed by atoms with Crippen LogP contribution in [-0.4, -0.2) is 36.0 Å². The van der Waals surface area contributed by atoms with E-state index in [1.54, 1.807) is 0 Å². The lowest BCUT2D eigenvalue weighted by Crippen LogP contribution is -2.45. The SMILES string of the molecule is CN=C(NCc1cccc2cccnc12)N1CCC(C)CC1.I. The Morgan fingerprint density at radius 2 is 2.00 bits per heavy atom. The molecule has 0 unspecified atom stereocenters. The first-order chi connectivity index (χ1) is 10.8. The summed E-state index contributed by atoms with van der Waals surface area (Å²) >= 11 is 0. The number of fused-ring (bicyclic) bond motifs is 1. The lowest BCUT2D eigenvalue weighted by atomic mass is 9.99. The van der Waals surface area contributed by atoms with Crippen molar-refractivity contribution in [2.45, 2.75) is 26.3 Å². The minimum absolute atomic E-state index is 0. The molecule has 1 N–H and O–H groups in total. The highest BCUT2D eigenvalue weighted by molar-refractivity contribution is 14.0. The fourth-order valence-electron chi connectivity index (χ4n) is 3.04. The lowest BCUT2D eigenvalue weighted by Gasteiger charge is -2.33. The van der Waals surface area contributed by atoms with Crippen LogP contribution in [-0.2, 0) is 6.54 Å². The van der Waals surface area contributed by atoms with E-state index in [1.165, 1.54) is 23.8 Å². The number of halogens is 1. The predicted octanol–water partition coefficient (Wildman–Crippen LogP) is 3.66. The molecule has 0 radical (unpaired) electrons. The van der Waals surface area contributed by atoms with Crippen LogP contribution >= 0.6 is 24.0 Å². The van der Waals surface area contributed by atoms with Crippen molar-refractivity contribution in [3.63, 3.8) is 0 Å². The number of likely N-dealkylation sites (tertiary alicyclic amines) is 1. The molecule has 1 aliphatic rings. The van der Waals surface area contributed by atoms with Gasteiger partial charge in [0.2, 0.25) is 0 Å². The van der Waals surface area contributed by atoms with E-state index < -0.39 is 0 Å². The number of benzene rings is 1. The van der Waals surface area contributed by atoms with Gasteiger partial charge in [0.15, 0.2) is 5.96 Å². The molecular weight excluding hydrogens is 399 g/mol. The highest BCUT2D eigenvalue weighted by Crippen LogP contribution is 2.17. The van der Waals surface area contributed by atoms with Crippen LogP contribution in [0.3, 0.4) is 0 Å². The molecule has 1 fully saturated rings. The smallest absolute Gasteiger partial charge is 0.193 e. The minimum Gasteiger partial charge on any atom is -0.352 e. The maximum absolute atomic E-state index is 4.51. The van der Waals surface area contributed by atoms with Crippen LogP contribution in [0, 0.1) is 5.92 Å². The molecule has 5 heteroatoms. The lowest BCUT2D eigenvalue weighted by molar-refractivity contribution is 0.273. The van der Waals surface area contributed by atoms with Crippen molar-refractivity contribution in [2.75, 3.05) is 20.1 Å². The van der Waals surface area contributed by atoms with Crippen LogP contribution in [0.1, 0.15) is 25.3 Å². The molecule has 0 atom stereocenters. The van der Waals surface area contributed by atoms with Gasteiger partial charge in [0.25, 0.3) is 0 Å². The van der Waals surface area contributed by atoms with Gasteiger partial charge in [0, 0.05) is 38.3 Å². The zero-order valence-electron chi connectivity index (χ0n) is 13.8. The maximum atomic E-state index is 4.51. The molecule has 1 aliphatic heterocycles. The molecule has 124 valence electrons. The highest BCUT2D eigenvalue weighted by Gasteiger charge is 2.18. The molecule has 0 spiro atoms. The zero-order valence-corrected chi connectivity index (χ0v) is 16.2. The molecule has 0 aliphatic carbocycles. The number of hydrogen-bond donors (Lipinski definition) is 1. The van der Waals surface area contributed by atoms with E-state index in [0.29, 0.717) is 0 Å². The average molecular weight is 424 g/mol.